The van der Waals surface area contributed by atoms with Crippen LogP contribution in [0.1, 0.15) is 34.6 Å². The van der Waals surface area contributed by atoms with Crippen LogP contribution in [-0.4, -0.2) is 39.1 Å². The van der Waals surface area contributed by atoms with Crippen molar-refractivity contribution in [2.24, 2.45) is 5.73 Å². The Balaban J connectivity index is 1.67. The number of hydrogen-bond donors (Lipinski definition) is 2. The van der Waals surface area contributed by atoms with Crippen molar-refractivity contribution >= 4 is 28.5 Å². The van der Waals surface area contributed by atoms with E-state index in [-0.39, 0.29) is 11.5 Å². The highest BCUT2D eigenvalue weighted by Crippen LogP contribution is 2.42. The van der Waals surface area contributed by atoms with E-state index in [1.807, 2.05) is 18.2 Å². The smallest absolute Gasteiger partial charge is 0.255 e. The summed E-state index contributed by atoms with van der Waals surface area (Å²) in [5, 5.41) is 3.34. The van der Waals surface area contributed by atoms with Crippen molar-refractivity contribution in [3.05, 3.63) is 95.8 Å². The van der Waals surface area contributed by atoms with Crippen LogP contribution in [0, 0.1) is 5.82 Å². The van der Waals surface area contributed by atoms with Crippen molar-refractivity contribution in [2.75, 3.05) is 32.1 Å². The van der Waals surface area contributed by atoms with Gasteiger partial charge in [0.1, 0.15) is 34.4 Å². The van der Waals surface area contributed by atoms with Gasteiger partial charge >= 0.3 is 0 Å². The molecule has 0 fully saturated rings. The van der Waals surface area contributed by atoms with E-state index in [9.17, 15) is 14.0 Å². The van der Waals surface area contributed by atoms with Gasteiger partial charge in [-0.05, 0) is 74.0 Å². The van der Waals surface area contributed by atoms with Gasteiger partial charge in [-0.3, -0.25) is 9.59 Å². The quantitative estimate of drug-likeness (QED) is 0.184. The second-order valence-electron chi connectivity index (χ2n) is 9.79. The molecule has 0 saturated heterocycles. The number of fused-ring (bicyclic) bond motifs is 1. The molecule has 0 aliphatic heterocycles. The molecule has 43 heavy (non-hydrogen) atoms. The topological polar surface area (TPSA) is 107 Å². The zero-order chi connectivity index (χ0) is 30.7. The maximum absolute atomic E-state index is 13.6. The molecule has 0 spiro atoms. The number of hydrogen-bond acceptors (Lipinski definition) is 6. The number of ether oxygens (including phenoxy) is 2. The second-order valence-corrected chi connectivity index (χ2v) is 9.79. The first-order valence-electron chi connectivity index (χ1n) is 13.9. The summed E-state index contributed by atoms with van der Waals surface area (Å²) in [4.78, 5) is 27.7. The summed E-state index contributed by atoms with van der Waals surface area (Å²) in [6.45, 7) is 5.54. The highest BCUT2D eigenvalue weighted by molar-refractivity contribution is 6.13. The highest BCUT2D eigenvalue weighted by atomic mass is 19.1. The van der Waals surface area contributed by atoms with Gasteiger partial charge in [0.25, 0.3) is 11.8 Å². The Morgan fingerprint density at radius 2 is 1.65 bits per heavy atom. The van der Waals surface area contributed by atoms with E-state index in [0.29, 0.717) is 45.1 Å². The molecular formula is C34H32FN3O5. The van der Waals surface area contributed by atoms with Crippen molar-refractivity contribution in [1.82, 2.24) is 5.32 Å². The van der Waals surface area contributed by atoms with Crippen molar-refractivity contribution in [1.29, 1.82) is 0 Å². The summed E-state index contributed by atoms with van der Waals surface area (Å²) in [6, 6.07) is 22.0. The van der Waals surface area contributed by atoms with Crippen LogP contribution < -0.4 is 25.4 Å². The number of carbonyl (C=O) groups excluding carboxylic acids is 2. The first-order valence-corrected chi connectivity index (χ1v) is 13.9. The fourth-order valence-corrected chi connectivity index (χ4v) is 5.15. The fourth-order valence-electron chi connectivity index (χ4n) is 5.15. The van der Waals surface area contributed by atoms with Gasteiger partial charge in [-0.1, -0.05) is 12.1 Å². The zero-order valence-electron chi connectivity index (χ0n) is 24.4. The van der Waals surface area contributed by atoms with Crippen molar-refractivity contribution in [3.63, 3.8) is 0 Å². The highest BCUT2D eigenvalue weighted by Gasteiger charge is 2.25. The lowest BCUT2D eigenvalue weighted by Gasteiger charge is -2.24. The molecule has 0 aliphatic rings. The molecule has 2 amide bonds. The molecule has 0 bridgehead atoms. The molecule has 0 aliphatic carbocycles. The monoisotopic (exact) mass is 581 g/mol. The number of benzene rings is 4. The van der Waals surface area contributed by atoms with Gasteiger partial charge in [0.05, 0.1) is 18.2 Å². The maximum atomic E-state index is 13.6. The van der Waals surface area contributed by atoms with E-state index in [4.69, 9.17) is 19.6 Å². The van der Waals surface area contributed by atoms with Crippen LogP contribution in [-0.2, 0) is 0 Å². The molecule has 3 N–H and O–H groups in total. The summed E-state index contributed by atoms with van der Waals surface area (Å²) in [5.41, 5.74) is 9.90. The molecule has 0 atom stereocenters. The van der Waals surface area contributed by atoms with Crippen LogP contribution in [0.3, 0.4) is 0 Å². The van der Waals surface area contributed by atoms with Crippen molar-refractivity contribution in [2.45, 2.75) is 13.8 Å². The van der Waals surface area contributed by atoms with Gasteiger partial charge in [-0.2, -0.15) is 0 Å². The van der Waals surface area contributed by atoms with E-state index >= 15 is 0 Å². The average Bonchev–Trinajstić information content (AvgIpc) is 3.39. The summed E-state index contributed by atoms with van der Waals surface area (Å²) < 4.78 is 31.1. The third kappa shape index (κ3) is 5.74. The number of nitrogens with zero attached hydrogens (tertiary/aromatic N) is 1. The first kappa shape index (κ1) is 29.2. The summed E-state index contributed by atoms with van der Waals surface area (Å²) >= 11 is 0. The number of methoxy groups -OCH3 is 1. The maximum Gasteiger partial charge on any atom is 0.255 e. The Hall–Kier alpha value is -5.31. The normalized spacial score (nSPS) is 10.9. The number of rotatable bonds is 10. The largest absolute Gasteiger partial charge is 0.496 e. The third-order valence-electron chi connectivity index (χ3n) is 7.29. The molecule has 0 unspecified atom stereocenters. The van der Waals surface area contributed by atoms with Crippen molar-refractivity contribution < 1.29 is 27.9 Å². The molecule has 5 aromatic rings. The Morgan fingerprint density at radius 1 is 0.930 bits per heavy atom. The number of amides is 2. The lowest BCUT2D eigenvalue weighted by molar-refractivity contribution is 0.0962. The predicted molar refractivity (Wildman–Crippen MR) is 166 cm³/mol. The predicted octanol–water partition coefficient (Wildman–Crippen LogP) is 7.01. The minimum Gasteiger partial charge on any atom is -0.496 e. The lowest BCUT2D eigenvalue weighted by atomic mass is 9.96. The summed E-state index contributed by atoms with van der Waals surface area (Å²) in [5.74, 6) is 0.328. The van der Waals surface area contributed by atoms with Crippen molar-refractivity contribution in [3.8, 4) is 39.7 Å². The molecule has 9 heteroatoms. The Bertz CT molecular complexity index is 1810. The Labute approximate surface area is 248 Å². The second kappa shape index (κ2) is 12.3. The molecular weight excluding hydrogens is 549 g/mol. The summed E-state index contributed by atoms with van der Waals surface area (Å²) in [6.07, 6.45) is 0. The molecule has 5 rings (SSSR count). The first-order chi connectivity index (χ1) is 20.8. The van der Waals surface area contributed by atoms with Crippen LogP contribution in [0.15, 0.2) is 83.3 Å². The number of primary amides is 1. The molecule has 220 valence electrons. The molecule has 8 nitrogen and oxygen atoms in total. The number of furan rings is 1. The number of halogens is 1. The standard InChI is InChI=1S/C34H32FN3O5/c1-5-38(6-2)28-19-30-26(18-25(28)21-12-15-29(41-4)27(16-21)33(36)39)31(34(40)37-3)32(43-30)20-10-13-23(14-11-20)42-24-9-7-8-22(35)17-24/h7-19H,5-6H2,1-4H3,(H2,36,39)(H,37,40). The zero-order valence-corrected chi connectivity index (χ0v) is 24.4. The van der Waals surface area contributed by atoms with Gasteiger partial charge in [-0.25, -0.2) is 4.39 Å². The van der Waals surface area contributed by atoms with E-state index in [0.717, 1.165) is 29.9 Å². The Morgan fingerprint density at radius 3 is 2.28 bits per heavy atom. The van der Waals surface area contributed by atoms with E-state index in [1.165, 1.54) is 19.2 Å². The minimum absolute atomic E-state index is 0.255. The van der Waals surface area contributed by atoms with Gasteiger partial charge in [-0.15, -0.1) is 0 Å². The van der Waals surface area contributed by atoms with E-state index in [1.54, 1.807) is 55.6 Å². The van der Waals surface area contributed by atoms with Gasteiger partial charge in [0, 0.05) is 54.5 Å². The Kier molecular flexibility index (Phi) is 8.34. The molecule has 4 aromatic carbocycles. The van der Waals surface area contributed by atoms with E-state index in [2.05, 4.69) is 24.1 Å². The molecule has 0 radical (unpaired) electrons. The molecule has 0 saturated carbocycles. The molecule has 1 heterocycles. The number of nitrogens with one attached hydrogen (secondary N) is 1. The number of nitrogens with two attached hydrogens (primary N) is 1. The molecule has 1 aromatic heterocycles. The van der Waals surface area contributed by atoms with Crippen LogP contribution in [0.25, 0.3) is 33.4 Å². The van der Waals surface area contributed by atoms with Crippen LogP contribution >= 0.6 is 0 Å². The van der Waals surface area contributed by atoms with Crippen LogP contribution in [0.4, 0.5) is 10.1 Å². The van der Waals surface area contributed by atoms with Crippen LogP contribution in [0.2, 0.25) is 0 Å². The minimum atomic E-state index is -0.606. The van der Waals surface area contributed by atoms with E-state index < -0.39 is 11.7 Å². The van der Waals surface area contributed by atoms with Gasteiger partial charge in [0.2, 0.25) is 0 Å². The fraction of sp³-hybridized carbons (Fsp3) is 0.176. The third-order valence-corrected chi connectivity index (χ3v) is 7.29. The number of anilines is 1. The summed E-state index contributed by atoms with van der Waals surface area (Å²) in [7, 11) is 3.05. The van der Waals surface area contributed by atoms with Crippen LogP contribution in [0.5, 0.6) is 17.2 Å². The SMILES string of the molecule is CCN(CC)c1cc2oc(-c3ccc(Oc4cccc(F)c4)cc3)c(C(=O)NC)c2cc1-c1ccc(OC)c(C(N)=O)c1. The number of carbonyl (C=O) groups is 2. The van der Waals surface area contributed by atoms with Gasteiger partial charge in [0.15, 0.2) is 0 Å². The van der Waals surface area contributed by atoms with Gasteiger partial charge < -0.3 is 29.8 Å². The lowest BCUT2D eigenvalue weighted by Crippen LogP contribution is -2.22. The average molecular weight is 582 g/mol.